The van der Waals surface area contributed by atoms with Crippen LogP contribution in [-0.4, -0.2) is 112 Å². The zero-order valence-electron chi connectivity index (χ0n) is 24.1. The van der Waals surface area contributed by atoms with Gasteiger partial charge in [-0.3, -0.25) is 19.5 Å². The fraction of sp³-hybridized carbons (Fsp3) is 0.609. The van der Waals surface area contributed by atoms with Gasteiger partial charge >= 0.3 is 28.5 Å². The van der Waals surface area contributed by atoms with Crippen LogP contribution >= 0.6 is 11.3 Å². The Kier molecular flexibility index (Phi) is 9.86. The fourth-order valence-corrected chi connectivity index (χ4v) is 5.28. The van der Waals surface area contributed by atoms with Gasteiger partial charge in [-0.2, -0.15) is 8.42 Å². The van der Waals surface area contributed by atoms with Gasteiger partial charge in [-0.1, -0.05) is 5.16 Å². The van der Waals surface area contributed by atoms with Crippen molar-refractivity contribution in [1.82, 2.24) is 19.5 Å². The molecule has 20 heteroatoms. The number of carbonyl (C=O) groups excluding carboxylic acids is 5. The first-order chi connectivity index (χ1) is 19.7. The molecule has 18 nitrogen and oxygen atoms in total. The summed E-state index contributed by atoms with van der Waals surface area (Å²) in [4.78, 5) is 72.4. The van der Waals surface area contributed by atoms with Crippen LogP contribution in [0.2, 0.25) is 0 Å². The zero-order chi connectivity index (χ0) is 32.3. The lowest BCUT2D eigenvalue weighted by molar-refractivity contribution is -0.160. The predicted molar refractivity (Wildman–Crippen MR) is 147 cm³/mol. The molecule has 0 spiro atoms. The Hall–Kier alpha value is -4.04. The minimum Gasteiger partial charge on any atom is -0.457 e. The van der Waals surface area contributed by atoms with Crippen molar-refractivity contribution in [3.05, 3.63) is 11.1 Å². The molecule has 0 unspecified atom stereocenters. The normalized spacial score (nSPS) is 19.4. The molecule has 1 aromatic rings. The van der Waals surface area contributed by atoms with Gasteiger partial charge in [0.15, 0.2) is 10.8 Å². The molecule has 238 valence electrons. The molecule has 2 aliphatic heterocycles. The van der Waals surface area contributed by atoms with E-state index in [1.807, 2.05) is 0 Å². The lowest BCUT2D eigenvalue weighted by Gasteiger charge is -2.45. The van der Waals surface area contributed by atoms with Crippen LogP contribution in [0.5, 0.6) is 0 Å². The first-order valence-electron chi connectivity index (χ1n) is 12.7. The molecule has 43 heavy (non-hydrogen) atoms. The SMILES string of the molecule is CC(C)(C)OC(=O)CON=C(C(=O)N[C@@H]1C(=O)N(S(=O)(=O)O)[C@@H]1CN1CCOC1=O)c1csc(NC(=O)OC(C)(C)C)n1. The molecule has 2 saturated heterocycles. The van der Waals surface area contributed by atoms with Gasteiger partial charge in [-0.25, -0.2) is 23.7 Å². The monoisotopic (exact) mass is 648 g/mol. The number of esters is 1. The number of oxime groups is 1. The Balaban J connectivity index is 1.84. The van der Waals surface area contributed by atoms with E-state index >= 15 is 0 Å². The number of nitrogens with zero attached hydrogens (tertiary/aromatic N) is 4. The molecule has 0 saturated carbocycles. The first-order valence-corrected chi connectivity index (χ1v) is 14.9. The van der Waals surface area contributed by atoms with E-state index in [1.165, 1.54) is 5.38 Å². The first kappa shape index (κ1) is 33.5. The third-order valence-electron chi connectivity index (χ3n) is 5.28. The summed E-state index contributed by atoms with van der Waals surface area (Å²) in [5.41, 5.74) is -2.35. The number of hydrogen-bond donors (Lipinski definition) is 3. The Morgan fingerprint density at radius 1 is 1.16 bits per heavy atom. The van der Waals surface area contributed by atoms with E-state index in [-0.39, 0.29) is 28.3 Å². The van der Waals surface area contributed by atoms with Gasteiger partial charge in [0.05, 0.1) is 12.6 Å². The van der Waals surface area contributed by atoms with Crippen molar-refractivity contribution >= 4 is 62.5 Å². The van der Waals surface area contributed by atoms with Gasteiger partial charge in [0.1, 0.15) is 29.5 Å². The number of nitrogens with one attached hydrogen (secondary N) is 2. The van der Waals surface area contributed by atoms with Crippen LogP contribution in [0, 0.1) is 0 Å². The molecule has 2 aliphatic rings. The number of aromatic nitrogens is 1. The molecule has 1 aromatic heterocycles. The number of rotatable bonds is 10. The number of β-lactam (4-membered cyclic amide) rings is 1. The molecule has 0 bridgehead atoms. The van der Waals surface area contributed by atoms with E-state index in [1.54, 1.807) is 41.5 Å². The Morgan fingerprint density at radius 3 is 2.37 bits per heavy atom. The van der Waals surface area contributed by atoms with Gasteiger partial charge in [-0.05, 0) is 41.5 Å². The largest absolute Gasteiger partial charge is 0.457 e. The molecule has 0 aromatic carbocycles. The Bertz CT molecular complexity index is 1410. The highest BCUT2D eigenvalue weighted by Gasteiger charge is 2.55. The third-order valence-corrected chi connectivity index (χ3v) is 6.99. The van der Waals surface area contributed by atoms with Crippen molar-refractivity contribution in [2.75, 3.05) is 31.6 Å². The maximum Gasteiger partial charge on any atom is 0.413 e. The van der Waals surface area contributed by atoms with E-state index in [2.05, 4.69) is 20.8 Å². The smallest absolute Gasteiger partial charge is 0.413 e. The van der Waals surface area contributed by atoms with Gasteiger partial charge < -0.3 is 29.3 Å². The molecule has 4 amide bonds. The quantitative estimate of drug-likeness (QED) is 0.0784. The standard InChI is InChI=1S/C23H32N6O12S2/c1-22(2,3)40-14(30)10-39-27-15(12-11-42-19(24-12)26-20(33)41-23(4,5)6)17(31)25-16-13(9-28-7-8-38-21(28)34)29(18(16)32)43(35,36)37/h11,13,16H,7-10H2,1-6H3,(H,25,31)(H,24,26,33)(H,35,36,37)/t13-,16+/m1/s1. The van der Waals surface area contributed by atoms with Crippen LogP contribution in [0.3, 0.4) is 0 Å². The second kappa shape index (κ2) is 12.7. The maximum absolute atomic E-state index is 13.3. The maximum atomic E-state index is 13.3. The van der Waals surface area contributed by atoms with Gasteiger partial charge in [0.25, 0.3) is 11.8 Å². The minimum atomic E-state index is -5.04. The molecule has 3 N–H and O–H groups in total. The number of cyclic esters (lactones) is 1. The molecule has 0 radical (unpaired) electrons. The highest BCUT2D eigenvalue weighted by molar-refractivity contribution is 7.84. The average Bonchev–Trinajstić information content (AvgIpc) is 3.45. The lowest BCUT2D eigenvalue weighted by atomic mass is 9.97. The van der Waals surface area contributed by atoms with Crippen LogP contribution in [-0.2, 0) is 43.7 Å². The van der Waals surface area contributed by atoms with Crippen LogP contribution < -0.4 is 10.6 Å². The average molecular weight is 649 g/mol. The van der Waals surface area contributed by atoms with Crippen molar-refractivity contribution in [2.24, 2.45) is 5.16 Å². The molecule has 3 heterocycles. The molecular formula is C23H32N6O12S2. The van der Waals surface area contributed by atoms with Crippen molar-refractivity contribution in [1.29, 1.82) is 0 Å². The summed E-state index contributed by atoms with van der Waals surface area (Å²) in [7, 11) is -5.04. The summed E-state index contributed by atoms with van der Waals surface area (Å²) in [6.45, 7) is 8.86. The highest BCUT2D eigenvalue weighted by atomic mass is 32.2. The van der Waals surface area contributed by atoms with Crippen LogP contribution in [0.4, 0.5) is 14.7 Å². The Labute approximate surface area is 250 Å². The summed E-state index contributed by atoms with van der Waals surface area (Å²) in [5.74, 6) is -3.09. The lowest BCUT2D eigenvalue weighted by Crippen LogP contribution is -2.74. The van der Waals surface area contributed by atoms with E-state index in [0.29, 0.717) is 0 Å². The number of thiazole rings is 1. The molecule has 3 rings (SSSR count). The van der Waals surface area contributed by atoms with Crippen molar-refractivity contribution < 1.29 is 56.0 Å². The second-order valence-electron chi connectivity index (χ2n) is 11.2. The molecule has 2 atom stereocenters. The second-order valence-corrected chi connectivity index (χ2v) is 13.3. The van der Waals surface area contributed by atoms with Crippen molar-refractivity contribution in [2.45, 2.75) is 64.8 Å². The summed E-state index contributed by atoms with van der Waals surface area (Å²) in [5, 5.41) is 9.70. The zero-order valence-corrected chi connectivity index (χ0v) is 25.7. The van der Waals surface area contributed by atoms with Gasteiger partial charge in [0.2, 0.25) is 6.61 Å². The van der Waals surface area contributed by atoms with Crippen LogP contribution in [0.15, 0.2) is 10.5 Å². The van der Waals surface area contributed by atoms with E-state index in [9.17, 15) is 36.9 Å². The fourth-order valence-electron chi connectivity index (χ4n) is 3.72. The molecular weight excluding hydrogens is 616 g/mol. The predicted octanol–water partition coefficient (Wildman–Crippen LogP) is 0.503. The molecule has 0 aliphatic carbocycles. The minimum absolute atomic E-state index is 0.000385. The van der Waals surface area contributed by atoms with E-state index < -0.39 is 82.4 Å². The van der Waals surface area contributed by atoms with Crippen LogP contribution in [0.25, 0.3) is 0 Å². The number of ether oxygens (including phenoxy) is 3. The number of anilines is 1. The van der Waals surface area contributed by atoms with Gasteiger partial charge in [-0.15, -0.1) is 11.3 Å². The number of hydrogen-bond acceptors (Lipinski definition) is 14. The summed E-state index contributed by atoms with van der Waals surface area (Å²) in [6, 6.07) is -2.92. The topological polar surface area (TPSA) is 232 Å². The third kappa shape index (κ3) is 9.22. The summed E-state index contributed by atoms with van der Waals surface area (Å²) >= 11 is 0.886. The summed E-state index contributed by atoms with van der Waals surface area (Å²) in [6.07, 6.45) is -1.60. The Morgan fingerprint density at radius 2 is 1.81 bits per heavy atom. The molecule has 2 fully saturated rings. The number of carbonyl (C=O) groups is 5. The van der Waals surface area contributed by atoms with E-state index in [0.717, 1.165) is 16.2 Å². The van der Waals surface area contributed by atoms with E-state index in [4.69, 9.17) is 19.0 Å². The number of amides is 4. The van der Waals surface area contributed by atoms with Crippen molar-refractivity contribution in [3.8, 4) is 0 Å². The van der Waals surface area contributed by atoms with Crippen LogP contribution in [0.1, 0.15) is 47.2 Å². The van der Waals surface area contributed by atoms with Crippen molar-refractivity contribution in [3.63, 3.8) is 0 Å². The summed E-state index contributed by atoms with van der Waals surface area (Å²) < 4.78 is 48.4. The van der Waals surface area contributed by atoms with Gasteiger partial charge in [0, 0.05) is 11.9 Å². The highest BCUT2D eigenvalue weighted by Crippen LogP contribution is 2.26.